The smallest absolute Gasteiger partial charge is 0.305 e. The van der Waals surface area contributed by atoms with E-state index in [2.05, 4.69) is 13.8 Å². The highest BCUT2D eigenvalue weighted by Gasteiger charge is 2.02. The lowest BCUT2D eigenvalue weighted by Gasteiger charge is -2.07. The van der Waals surface area contributed by atoms with Gasteiger partial charge in [0.1, 0.15) is 6.61 Å². The molecule has 0 aromatic heterocycles. The summed E-state index contributed by atoms with van der Waals surface area (Å²) in [6.07, 6.45) is 26.9. The summed E-state index contributed by atoms with van der Waals surface area (Å²) in [6, 6.07) is 0. The molecule has 0 heterocycles. The van der Waals surface area contributed by atoms with E-state index < -0.39 is 0 Å². The van der Waals surface area contributed by atoms with Gasteiger partial charge in [0.15, 0.2) is 0 Å². The molecule has 0 unspecified atom stereocenters. The molecule has 198 valence electrons. The van der Waals surface area contributed by atoms with Crippen LogP contribution in [0.2, 0.25) is 0 Å². The van der Waals surface area contributed by atoms with E-state index in [0.29, 0.717) is 32.8 Å². The number of carbonyl (C=O) groups is 1. The van der Waals surface area contributed by atoms with Gasteiger partial charge < -0.3 is 14.2 Å². The van der Waals surface area contributed by atoms with E-state index in [1.807, 2.05) is 0 Å². The Hall–Kier alpha value is -0.610. The molecule has 0 N–H and O–H groups in total. The van der Waals surface area contributed by atoms with Crippen molar-refractivity contribution >= 4 is 5.97 Å². The zero-order valence-electron chi connectivity index (χ0n) is 22.5. The summed E-state index contributed by atoms with van der Waals surface area (Å²) in [6.45, 7) is 7.35. The molecule has 0 saturated carbocycles. The summed E-state index contributed by atoms with van der Waals surface area (Å²) in [5.74, 6) is -0.0865. The molecule has 0 saturated heterocycles. The summed E-state index contributed by atoms with van der Waals surface area (Å²) < 4.78 is 16.2. The first-order valence-electron chi connectivity index (χ1n) is 14.6. The van der Waals surface area contributed by atoms with Crippen molar-refractivity contribution in [2.75, 3.05) is 33.0 Å². The van der Waals surface area contributed by atoms with E-state index in [4.69, 9.17) is 14.2 Å². The topological polar surface area (TPSA) is 44.8 Å². The quantitative estimate of drug-likeness (QED) is 0.0846. The van der Waals surface area contributed by atoms with Crippen molar-refractivity contribution in [1.82, 2.24) is 0 Å². The Balaban J connectivity index is 3.13. The SMILES string of the molecule is CCCCCCCCCCCCCCCCCC(=O)OCCOCCOCCCCCCC. The molecular formula is C29H58O4. The van der Waals surface area contributed by atoms with E-state index in [-0.39, 0.29) is 5.97 Å². The molecule has 0 rings (SSSR count). The third-order valence-electron chi connectivity index (χ3n) is 6.24. The molecule has 0 aromatic rings. The van der Waals surface area contributed by atoms with Crippen LogP contribution in [0.1, 0.15) is 149 Å². The second-order valence-electron chi connectivity index (χ2n) is 9.56. The number of carbonyl (C=O) groups excluding carboxylic acids is 1. The summed E-state index contributed by atoms with van der Waals surface area (Å²) in [7, 11) is 0. The fraction of sp³-hybridized carbons (Fsp3) is 0.966. The van der Waals surface area contributed by atoms with Gasteiger partial charge >= 0.3 is 5.97 Å². The van der Waals surface area contributed by atoms with E-state index in [1.165, 1.54) is 109 Å². The van der Waals surface area contributed by atoms with Gasteiger partial charge in [0.25, 0.3) is 0 Å². The standard InChI is InChI=1S/C29H58O4/c1-3-5-7-9-10-11-12-13-14-15-16-17-18-19-21-23-29(30)33-28-27-32-26-25-31-24-22-20-8-6-4-2/h3-28H2,1-2H3. The molecule has 0 atom stereocenters. The van der Waals surface area contributed by atoms with Crippen LogP contribution in [0.5, 0.6) is 0 Å². The zero-order valence-corrected chi connectivity index (χ0v) is 22.5. The van der Waals surface area contributed by atoms with Crippen LogP contribution in [-0.2, 0) is 19.0 Å². The van der Waals surface area contributed by atoms with Crippen molar-refractivity contribution in [1.29, 1.82) is 0 Å². The lowest BCUT2D eigenvalue weighted by atomic mass is 10.0. The fourth-order valence-corrected chi connectivity index (χ4v) is 4.06. The fourth-order valence-electron chi connectivity index (χ4n) is 4.06. The number of hydrogen-bond acceptors (Lipinski definition) is 4. The molecule has 0 radical (unpaired) electrons. The molecule has 0 aliphatic heterocycles. The first-order valence-corrected chi connectivity index (χ1v) is 14.6. The van der Waals surface area contributed by atoms with Gasteiger partial charge in [0.05, 0.1) is 19.8 Å². The van der Waals surface area contributed by atoms with Crippen molar-refractivity contribution in [2.24, 2.45) is 0 Å². The minimum Gasteiger partial charge on any atom is -0.463 e. The Morgan fingerprint density at radius 1 is 0.424 bits per heavy atom. The molecule has 4 heteroatoms. The monoisotopic (exact) mass is 470 g/mol. The molecule has 33 heavy (non-hydrogen) atoms. The lowest BCUT2D eigenvalue weighted by molar-refractivity contribution is -0.145. The molecule has 0 aliphatic rings. The molecule has 0 aromatic carbocycles. The summed E-state index contributed by atoms with van der Waals surface area (Å²) >= 11 is 0. The largest absolute Gasteiger partial charge is 0.463 e. The lowest BCUT2D eigenvalue weighted by Crippen LogP contribution is -2.13. The summed E-state index contributed by atoms with van der Waals surface area (Å²) in [4.78, 5) is 11.8. The van der Waals surface area contributed by atoms with Crippen LogP contribution in [0.15, 0.2) is 0 Å². The average Bonchev–Trinajstić information content (AvgIpc) is 2.82. The third-order valence-corrected chi connectivity index (χ3v) is 6.24. The van der Waals surface area contributed by atoms with Gasteiger partial charge in [0.2, 0.25) is 0 Å². The highest BCUT2D eigenvalue weighted by atomic mass is 16.6. The molecule has 0 amide bonds. The van der Waals surface area contributed by atoms with Crippen LogP contribution in [0.25, 0.3) is 0 Å². The number of rotatable bonds is 28. The van der Waals surface area contributed by atoms with E-state index in [1.54, 1.807) is 0 Å². The van der Waals surface area contributed by atoms with Gasteiger partial charge in [-0.2, -0.15) is 0 Å². The molecule has 0 spiro atoms. The Bertz CT molecular complexity index is 373. The third kappa shape index (κ3) is 29.4. The Kier molecular flexibility index (Phi) is 28.9. The highest BCUT2D eigenvalue weighted by molar-refractivity contribution is 5.69. The molecule has 0 fully saturated rings. The number of unbranched alkanes of at least 4 members (excludes halogenated alkanes) is 18. The maximum atomic E-state index is 11.8. The van der Waals surface area contributed by atoms with Crippen LogP contribution in [0.4, 0.5) is 0 Å². The van der Waals surface area contributed by atoms with Crippen LogP contribution in [-0.4, -0.2) is 39.0 Å². The van der Waals surface area contributed by atoms with Crippen LogP contribution in [0.3, 0.4) is 0 Å². The second-order valence-corrected chi connectivity index (χ2v) is 9.56. The van der Waals surface area contributed by atoms with Gasteiger partial charge in [-0.05, 0) is 12.8 Å². The normalized spacial score (nSPS) is 11.2. The van der Waals surface area contributed by atoms with Crippen molar-refractivity contribution < 1.29 is 19.0 Å². The number of ether oxygens (including phenoxy) is 3. The zero-order chi connectivity index (χ0) is 24.1. The van der Waals surface area contributed by atoms with Crippen LogP contribution in [0, 0.1) is 0 Å². The average molecular weight is 471 g/mol. The minimum atomic E-state index is -0.0865. The maximum absolute atomic E-state index is 11.8. The van der Waals surface area contributed by atoms with Gasteiger partial charge in [-0.15, -0.1) is 0 Å². The van der Waals surface area contributed by atoms with Gasteiger partial charge in [-0.3, -0.25) is 4.79 Å². The highest BCUT2D eigenvalue weighted by Crippen LogP contribution is 2.13. The van der Waals surface area contributed by atoms with Crippen molar-refractivity contribution in [3.63, 3.8) is 0 Å². The van der Waals surface area contributed by atoms with Gasteiger partial charge in [-0.1, -0.05) is 129 Å². The minimum absolute atomic E-state index is 0.0865. The Morgan fingerprint density at radius 3 is 1.27 bits per heavy atom. The van der Waals surface area contributed by atoms with E-state index >= 15 is 0 Å². The molecular weight excluding hydrogens is 412 g/mol. The van der Waals surface area contributed by atoms with Gasteiger partial charge in [0, 0.05) is 13.0 Å². The van der Waals surface area contributed by atoms with E-state index in [0.717, 1.165) is 25.9 Å². The molecule has 4 nitrogen and oxygen atoms in total. The first-order chi connectivity index (χ1) is 16.3. The molecule has 0 bridgehead atoms. The van der Waals surface area contributed by atoms with Crippen LogP contribution >= 0.6 is 0 Å². The summed E-state index contributed by atoms with van der Waals surface area (Å²) in [5, 5.41) is 0. The van der Waals surface area contributed by atoms with Crippen molar-refractivity contribution in [3.8, 4) is 0 Å². The predicted octanol–water partition coefficient (Wildman–Crippen LogP) is 8.79. The summed E-state index contributed by atoms with van der Waals surface area (Å²) in [5.41, 5.74) is 0. The Morgan fingerprint density at radius 2 is 0.788 bits per heavy atom. The van der Waals surface area contributed by atoms with Crippen molar-refractivity contribution in [3.05, 3.63) is 0 Å². The maximum Gasteiger partial charge on any atom is 0.305 e. The number of hydrogen-bond donors (Lipinski definition) is 0. The Labute approximate surface area is 206 Å². The first kappa shape index (κ1) is 32.4. The predicted molar refractivity (Wildman–Crippen MR) is 141 cm³/mol. The number of esters is 1. The van der Waals surface area contributed by atoms with Crippen LogP contribution < -0.4 is 0 Å². The van der Waals surface area contributed by atoms with Crippen molar-refractivity contribution in [2.45, 2.75) is 149 Å². The second kappa shape index (κ2) is 29.4. The molecule has 0 aliphatic carbocycles. The van der Waals surface area contributed by atoms with Gasteiger partial charge in [-0.25, -0.2) is 0 Å². The van der Waals surface area contributed by atoms with E-state index in [9.17, 15) is 4.79 Å².